The van der Waals surface area contributed by atoms with Crippen LogP contribution in [-0.2, 0) is 29.5 Å². The van der Waals surface area contributed by atoms with Crippen molar-refractivity contribution in [2.75, 3.05) is 25.6 Å². The molecule has 0 unspecified atom stereocenters. The topological polar surface area (TPSA) is 131 Å². The molecule has 3 aliphatic rings. The Kier molecular flexibility index (Phi) is 4.66. The maximum absolute atomic E-state index is 13.3. The van der Waals surface area contributed by atoms with E-state index in [9.17, 15) is 19.2 Å². The summed E-state index contributed by atoms with van der Waals surface area (Å²) in [7, 11) is 1.49. The van der Waals surface area contributed by atoms with Gasteiger partial charge >= 0.3 is 0 Å². The van der Waals surface area contributed by atoms with Gasteiger partial charge in [-0.1, -0.05) is 18.2 Å². The highest BCUT2D eigenvalue weighted by molar-refractivity contribution is 6.15. The van der Waals surface area contributed by atoms with E-state index in [2.05, 4.69) is 10.6 Å². The summed E-state index contributed by atoms with van der Waals surface area (Å²) < 4.78 is 5.04. The van der Waals surface area contributed by atoms with E-state index in [-0.39, 0.29) is 37.8 Å². The molecule has 3 aliphatic heterocycles. The number of hydrogen-bond acceptors (Lipinski definition) is 6. The van der Waals surface area contributed by atoms with Crippen molar-refractivity contribution in [3.8, 4) is 0 Å². The van der Waals surface area contributed by atoms with Crippen molar-refractivity contribution in [3.05, 3.63) is 29.3 Å². The number of carbonyl (C=O) groups excluding carboxylic acids is 4. The van der Waals surface area contributed by atoms with Crippen molar-refractivity contribution in [1.82, 2.24) is 10.2 Å². The van der Waals surface area contributed by atoms with Gasteiger partial charge in [-0.2, -0.15) is 0 Å². The van der Waals surface area contributed by atoms with Gasteiger partial charge in [0.05, 0.1) is 25.0 Å². The van der Waals surface area contributed by atoms with Crippen molar-refractivity contribution in [2.24, 2.45) is 17.6 Å². The Morgan fingerprint density at radius 3 is 2.72 bits per heavy atom. The first-order valence-corrected chi connectivity index (χ1v) is 9.64. The summed E-state index contributed by atoms with van der Waals surface area (Å²) in [5.74, 6) is -3.21. The molecule has 4 rings (SSSR count). The second kappa shape index (κ2) is 6.93. The fourth-order valence-electron chi connectivity index (χ4n) is 4.98. The van der Waals surface area contributed by atoms with Crippen molar-refractivity contribution in [1.29, 1.82) is 0 Å². The van der Waals surface area contributed by atoms with Crippen LogP contribution in [0, 0.1) is 18.8 Å². The first-order valence-electron chi connectivity index (χ1n) is 9.64. The van der Waals surface area contributed by atoms with Crippen LogP contribution in [0.4, 0.5) is 5.69 Å². The van der Waals surface area contributed by atoms with Crippen LogP contribution >= 0.6 is 0 Å². The van der Waals surface area contributed by atoms with Gasteiger partial charge in [0.25, 0.3) is 0 Å². The Balaban J connectivity index is 1.81. The Labute approximate surface area is 167 Å². The summed E-state index contributed by atoms with van der Waals surface area (Å²) in [6.07, 6.45) is 0.322. The number of rotatable bonds is 6. The number of ether oxygens (including phenoxy) is 1. The van der Waals surface area contributed by atoms with E-state index in [1.807, 2.05) is 19.1 Å². The fraction of sp³-hybridized carbons (Fsp3) is 0.500. The molecule has 1 aromatic carbocycles. The first-order chi connectivity index (χ1) is 13.8. The number of benzene rings is 1. The summed E-state index contributed by atoms with van der Waals surface area (Å²) in [6.45, 7) is 2.22. The number of anilines is 1. The summed E-state index contributed by atoms with van der Waals surface area (Å²) in [5.41, 5.74) is 6.16. The normalized spacial score (nSPS) is 30.1. The number of nitrogens with zero attached hydrogens (tertiary/aromatic N) is 1. The maximum atomic E-state index is 13.3. The fourth-order valence-corrected chi connectivity index (χ4v) is 4.98. The van der Waals surface area contributed by atoms with Gasteiger partial charge in [0.2, 0.25) is 23.6 Å². The van der Waals surface area contributed by atoms with Crippen LogP contribution in [0.5, 0.6) is 0 Å². The largest absolute Gasteiger partial charge is 0.383 e. The molecule has 154 valence electrons. The van der Waals surface area contributed by atoms with Gasteiger partial charge < -0.3 is 15.8 Å². The minimum atomic E-state index is -1.34. The Morgan fingerprint density at radius 1 is 1.28 bits per heavy atom. The summed E-state index contributed by atoms with van der Waals surface area (Å²) in [5, 5.41) is 6.17. The molecule has 1 aromatic rings. The van der Waals surface area contributed by atoms with E-state index in [1.54, 1.807) is 6.07 Å². The maximum Gasteiger partial charge on any atom is 0.250 e. The van der Waals surface area contributed by atoms with Crippen molar-refractivity contribution in [2.45, 2.75) is 31.3 Å². The van der Waals surface area contributed by atoms with Crippen LogP contribution in [0.25, 0.3) is 0 Å². The average molecular weight is 400 g/mol. The summed E-state index contributed by atoms with van der Waals surface area (Å²) in [6, 6.07) is 4.99. The quantitative estimate of drug-likeness (QED) is 0.559. The molecule has 3 heterocycles. The first kappa shape index (κ1) is 19.5. The number of aryl methyl sites for hydroxylation is 1. The number of para-hydroxylation sites is 1. The van der Waals surface area contributed by atoms with Crippen LogP contribution in [0.3, 0.4) is 0 Å². The van der Waals surface area contributed by atoms with Crippen LogP contribution in [0.1, 0.15) is 24.0 Å². The Bertz CT molecular complexity index is 916. The number of likely N-dealkylation sites (tertiary alicyclic amines) is 1. The molecule has 0 aromatic heterocycles. The number of fused-ring (bicyclic) bond motifs is 4. The molecule has 9 heteroatoms. The lowest BCUT2D eigenvalue weighted by atomic mass is 9.76. The minimum Gasteiger partial charge on any atom is -0.383 e. The number of hydrogen-bond donors (Lipinski definition) is 3. The molecule has 0 aliphatic carbocycles. The molecule has 0 saturated carbocycles. The smallest absolute Gasteiger partial charge is 0.250 e. The molecule has 4 N–H and O–H groups in total. The van der Waals surface area contributed by atoms with E-state index >= 15 is 0 Å². The van der Waals surface area contributed by atoms with Gasteiger partial charge in [0.1, 0.15) is 5.54 Å². The van der Waals surface area contributed by atoms with E-state index in [0.717, 1.165) is 5.56 Å². The van der Waals surface area contributed by atoms with Gasteiger partial charge in [-0.25, -0.2) is 0 Å². The highest BCUT2D eigenvalue weighted by Crippen LogP contribution is 2.53. The molecular formula is C20H24N4O5. The zero-order chi connectivity index (χ0) is 20.9. The van der Waals surface area contributed by atoms with Gasteiger partial charge in [-0.3, -0.25) is 29.4 Å². The molecule has 2 saturated heterocycles. The van der Waals surface area contributed by atoms with E-state index in [4.69, 9.17) is 10.5 Å². The lowest BCUT2D eigenvalue weighted by molar-refractivity contribution is -0.143. The number of primary amides is 1. The highest BCUT2D eigenvalue weighted by atomic mass is 16.5. The molecule has 9 nitrogen and oxygen atoms in total. The monoisotopic (exact) mass is 400 g/mol. The molecule has 0 bridgehead atoms. The number of imide groups is 1. The second-order valence-corrected chi connectivity index (χ2v) is 7.84. The van der Waals surface area contributed by atoms with Gasteiger partial charge in [-0.05, 0) is 18.9 Å². The number of carbonyl (C=O) groups is 4. The zero-order valence-corrected chi connectivity index (χ0v) is 16.4. The van der Waals surface area contributed by atoms with Crippen LogP contribution < -0.4 is 16.4 Å². The van der Waals surface area contributed by atoms with Crippen LogP contribution in [0.2, 0.25) is 0 Å². The van der Waals surface area contributed by atoms with E-state index < -0.39 is 35.2 Å². The van der Waals surface area contributed by atoms with Crippen molar-refractivity contribution >= 4 is 29.3 Å². The highest BCUT2D eigenvalue weighted by Gasteiger charge is 2.70. The lowest BCUT2D eigenvalue weighted by Crippen LogP contribution is -2.53. The lowest BCUT2D eigenvalue weighted by Gasteiger charge is -2.29. The van der Waals surface area contributed by atoms with Crippen LogP contribution in [-0.4, -0.2) is 54.8 Å². The zero-order valence-electron chi connectivity index (χ0n) is 16.4. The standard InChI is InChI=1S/C20H24N4O5/c1-10-4-3-5-11-16(10)22-19(28)20(11)15-14(12(23-20)6-7-13(21)25)17(26)24(18(15)27)8-9-29-2/h3-5,12,14-15,23H,6-9H2,1-2H3,(H2,21,25)(H,22,28)/t12-,14-,15+,20-/m1/s1. The predicted molar refractivity (Wildman–Crippen MR) is 102 cm³/mol. The molecular weight excluding hydrogens is 376 g/mol. The van der Waals surface area contributed by atoms with Gasteiger partial charge in [0, 0.05) is 30.8 Å². The minimum absolute atomic E-state index is 0.0544. The third-order valence-electron chi connectivity index (χ3n) is 6.27. The number of nitrogens with one attached hydrogen (secondary N) is 2. The summed E-state index contributed by atoms with van der Waals surface area (Å²) >= 11 is 0. The molecule has 29 heavy (non-hydrogen) atoms. The third kappa shape index (κ3) is 2.68. The predicted octanol–water partition coefficient (Wildman–Crippen LogP) is -0.373. The SMILES string of the molecule is COCCN1C(=O)[C@H]2[C@@H](C1=O)[C@@]1(N[C@@H]2CCC(N)=O)C(=O)Nc2c(C)cccc21. The average Bonchev–Trinajstić information content (AvgIpc) is 3.25. The second-order valence-electron chi connectivity index (χ2n) is 7.84. The van der Waals surface area contributed by atoms with Gasteiger partial charge in [-0.15, -0.1) is 0 Å². The third-order valence-corrected chi connectivity index (χ3v) is 6.27. The van der Waals surface area contributed by atoms with E-state index in [1.165, 1.54) is 12.0 Å². The van der Waals surface area contributed by atoms with Crippen molar-refractivity contribution in [3.63, 3.8) is 0 Å². The van der Waals surface area contributed by atoms with Gasteiger partial charge in [0.15, 0.2) is 0 Å². The molecule has 4 amide bonds. The number of methoxy groups -OCH3 is 1. The van der Waals surface area contributed by atoms with E-state index in [0.29, 0.717) is 11.3 Å². The number of nitrogens with two attached hydrogens (primary N) is 1. The Morgan fingerprint density at radius 2 is 2.03 bits per heavy atom. The molecule has 1 spiro atoms. The molecule has 2 fully saturated rings. The number of amides is 4. The molecule has 4 atom stereocenters. The molecule has 0 radical (unpaired) electrons. The Hall–Kier alpha value is -2.78. The summed E-state index contributed by atoms with van der Waals surface area (Å²) in [4.78, 5) is 52.2. The van der Waals surface area contributed by atoms with Crippen molar-refractivity contribution < 1.29 is 23.9 Å². The van der Waals surface area contributed by atoms with Crippen LogP contribution in [0.15, 0.2) is 18.2 Å².